The van der Waals surface area contributed by atoms with Crippen molar-refractivity contribution < 1.29 is 23.9 Å². The minimum absolute atomic E-state index is 0.0146. The number of thioether (sulfide) groups is 1. The van der Waals surface area contributed by atoms with E-state index in [2.05, 4.69) is 10.6 Å². The summed E-state index contributed by atoms with van der Waals surface area (Å²) in [6.45, 7) is 0. The summed E-state index contributed by atoms with van der Waals surface area (Å²) in [6, 6.07) is 2.70. The second-order valence-corrected chi connectivity index (χ2v) is 5.30. The number of carboxylic acid groups (broad SMARTS) is 1. The molecule has 0 aromatic heterocycles. The lowest BCUT2D eigenvalue weighted by atomic mass is 10.3. The van der Waals surface area contributed by atoms with Crippen molar-refractivity contribution in [3.63, 3.8) is 0 Å². The van der Waals surface area contributed by atoms with Crippen LogP contribution in [0.25, 0.3) is 0 Å². The number of hydrogen-bond acceptors (Lipinski definition) is 4. The number of nitrogens with one attached hydrogen (secondary N) is 2. The van der Waals surface area contributed by atoms with Crippen LogP contribution in [0.4, 0.5) is 10.1 Å². The van der Waals surface area contributed by atoms with Crippen molar-refractivity contribution in [3.05, 3.63) is 29.0 Å². The van der Waals surface area contributed by atoms with Gasteiger partial charge < -0.3 is 15.7 Å². The summed E-state index contributed by atoms with van der Waals surface area (Å²) < 4.78 is 12.9. The minimum atomic E-state index is -1.18. The molecule has 0 aliphatic rings. The van der Waals surface area contributed by atoms with Crippen molar-refractivity contribution in [1.29, 1.82) is 0 Å². The molecule has 6 nitrogen and oxygen atoms in total. The maximum Gasteiger partial charge on any atom is 0.327 e. The number of anilines is 1. The number of hydrogen-bond donors (Lipinski definition) is 3. The molecule has 1 unspecified atom stereocenters. The van der Waals surface area contributed by atoms with Gasteiger partial charge in [-0.25, -0.2) is 9.18 Å². The second-order valence-electron chi connectivity index (χ2n) is 3.87. The Kier molecular flexibility index (Phi) is 6.97. The standard InChI is InChI=1S/C12H12ClFN2O4S/c13-8-3-7(1-2-9(8)14)16-11(18)5-21-4-10(12(19)20)15-6-17/h1-3,6,10H,4-5H2,(H,15,17)(H,16,18)(H,19,20). The van der Waals surface area contributed by atoms with Crippen molar-refractivity contribution in [3.8, 4) is 0 Å². The van der Waals surface area contributed by atoms with Crippen molar-refractivity contribution in [2.75, 3.05) is 16.8 Å². The third kappa shape index (κ3) is 6.01. The van der Waals surface area contributed by atoms with Crippen LogP contribution in [0.5, 0.6) is 0 Å². The number of halogens is 2. The van der Waals surface area contributed by atoms with Gasteiger partial charge in [-0.2, -0.15) is 0 Å². The highest BCUT2D eigenvalue weighted by atomic mass is 35.5. The van der Waals surface area contributed by atoms with Gasteiger partial charge in [0.15, 0.2) is 0 Å². The Morgan fingerprint density at radius 3 is 2.76 bits per heavy atom. The van der Waals surface area contributed by atoms with Gasteiger partial charge in [0.2, 0.25) is 12.3 Å². The van der Waals surface area contributed by atoms with E-state index in [9.17, 15) is 18.8 Å². The Bertz CT molecular complexity index is 544. The summed E-state index contributed by atoms with van der Waals surface area (Å²) in [4.78, 5) is 32.6. The average Bonchev–Trinajstić information content (AvgIpc) is 2.42. The molecular weight excluding hydrogens is 323 g/mol. The fourth-order valence-electron chi connectivity index (χ4n) is 1.31. The van der Waals surface area contributed by atoms with Crippen molar-refractivity contribution >= 4 is 47.3 Å². The minimum Gasteiger partial charge on any atom is -0.480 e. The van der Waals surface area contributed by atoms with E-state index in [4.69, 9.17) is 16.7 Å². The fraction of sp³-hybridized carbons (Fsp3) is 0.250. The van der Waals surface area contributed by atoms with Crippen LogP contribution in [0.15, 0.2) is 18.2 Å². The third-order valence-electron chi connectivity index (χ3n) is 2.29. The van der Waals surface area contributed by atoms with Crippen LogP contribution in [0.3, 0.4) is 0 Å². The largest absolute Gasteiger partial charge is 0.480 e. The molecule has 0 fully saturated rings. The molecule has 1 aromatic carbocycles. The Labute approximate surface area is 129 Å². The van der Waals surface area contributed by atoms with Crippen LogP contribution in [0, 0.1) is 5.82 Å². The van der Waals surface area contributed by atoms with Gasteiger partial charge in [0.25, 0.3) is 0 Å². The van der Waals surface area contributed by atoms with E-state index in [1.54, 1.807) is 0 Å². The number of carbonyl (C=O) groups is 3. The smallest absolute Gasteiger partial charge is 0.327 e. The summed E-state index contributed by atoms with van der Waals surface area (Å²) in [5.74, 6) is -2.13. The van der Waals surface area contributed by atoms with Crippen LogP contribution in [-0.2, 0) is 14.4 Å². The van der Waals surface area contributed by atoms with E-state index >= 15 is 0 Å². The topological polar surface area (TPSA) is 95.5 Å². The maximum absolute atomic E-state index is 12.9. The van der Waals surface area contributed by atoms with Gasteiger partial charge in [0.05, 0.1) is 10.8 Å². The van der Waals surface area contributed by atoms with Gasteiger partial charge in [-0.3, -0.25) is 9.59 Å². The molecule has 0 radical (unpaired) electrons. The normalized spacial score (nSPS) is 11.5. The quantitative estimate of drug-likeness (QED) is 0.624. The van der Waals surface area contributed by atoms with Gasteiger partial charge >= 0.3 is 5.97 Å². The number of carbonyl (C=O) groups excluding carboxylic acids is 2. The highest BCUT2D eigenvalue weighted by molar-refractivity contribution is 8.00. The average molecular weight is 335 g/mol. The maximum atomic E-state index is 12.9. The zero-order chi connectivity index (χ0) is 15.8. The highest BCUT2D eigenvalue weighted by Crippen LogP contribution is 2.19. The van der Waals surface area contributed by atoms with E-state index < -0.39 is 23.7 Å². The third-order valence-corrected chi connectivity index (χ3v) is 3.61. The molecule has 9 heteroatoms. The van der Waals surface area contributed by atoms with E-state index in [1.165, 1.54) is 12.1 Å². The zero-order valence-electron chi connectivity index (χ0n) is 10.6. The first-order valence-corrected chi connectivity index (χ1v) is 7.22. The van der Waals surface area contributed by atoms with E-state index in [1.807, 2.05) is 0 Å². The number of amides is 2. The first-order valence-electron chi connectivity index (χ1n) is 5.69. The van der Waals surface area contributed by atoms with E-state index in [0.29, 0.717) is 12.1 Å². The summed E-state index contributed by atoms with van der Waals surface area (Å²) in [7, 11) is 0. The lowest BCUT2D eigenvalue weighted by Crippen LogP contribution is -2.38. The predicted molar refractivity (Wildman–Crippen MR) is 78.0 cm³/mol. The van der Waals surface area contributed by atoms with Crippen LogP contribution in [0.1, 0.15) is 0 Å². The van der Waals surface area contributed by atoms with Crippen LogP contribution in [-0.4, -0.2) is 40.9 Å². The Morgan fingerprint density at radius 1 is 1.48 bits per heavy atom. The van der Waals surface area contributed by atoms with Gasteiger partial charge in [-0.1, -0.05) is 11.6 Å². The van der Waals surface area contributed by atoms with Crippen LogP contribution < -0.4 is 10.6 Å². The zero-order valence-corrected chi connectivity index (χ0v) is 12.2. The summed E-state index contributed by atoms with van der Waals surface area (Å²) in [5, 5.41) is 13.3. The van der Waals surface area contributed by atoms with Crippen molar-refractivity contribution in [1.82, 2.24) is 5.32 Å². The Morgan fingerprint density at radius 2 is 2.19 bits per heavy atom. The number of rotatable bonds is 8. The fourth-order valence-corrected chi connectivity index (χ4v) is 2.34. The Balaban J connectivity index is 2.41. The van der Waals surface area contributed by atoms with Gasteiger partial charge in [0, 0.05) is 11.4 Å². The van der Waals surface area contributed by atoms with Crippen molar-refractivity contribution in [2.45, 2.75) is 6.04 Å². The molecule has 0 aliphatic carbocycles. The van der Waals surface area contributed by atoms with Crippen molar-refractivity contribution in [2.24, 2.45) is 0 Å². The second kappa shape index (κ2) is 8.48. The summed E-state index contributed by atoms with van der Waals surface area (Å²) in [6.07, 6.45) is 0.292. The molecule has 0 heterocycles. The van der Waals surface area contributed by atoms with E-state index in [0.717, 1.165) is 17.8 Å². The number of carboxylic acids is 1. The molecule has 0 saturated heterocycles. The molecule has 1 rings (SSSR count). The molecule has 0 bridgehead atoms. The molecular formula is C12H12ClFN2O4S. The van der Waals surface area contributed by atoms with E-state index in [-0.39, 0.29) is 16.5 Å². The lowest BCUT2D eigenvalue weighted by Gasteiger charge is -2.10. The molecule has 114 valence electrons. The molecule has 0 saturated carbocycles. The van der Waals surface area contributed by atoms with Gasteiger partial charge in [-0.15, -0.1) is 11.8 Å². The molecule has 2 amide bonds. The molecule has 1 aromatic rings. The monoisotopic (exact) mass is 334 g/mol. The lowest BCUT2D eigenvalue weighted by molar-refractivity contribution is -0.139. The van der Waals surface area contributed by atoms with Crippen LogP contribution >= 0.6 is 23.4 Å². The first kappa shape index (κ1) is 17.3. The molecule has 21 heavy (non-hydrogen) atoms. The molecule has 3 N–H and O–H groups in total. The molecule has 0 aliphatic heterocycles. The van der Waals surface area contributed by atoms with Crippen LogP contribution in [0.2, 0.25) is 5.02 Å². The summed E-state index contributed by atoms with van der Waals surface area (Å²) in [5.41, 5.74) is 0.341. The molecule has 0 spiro atoms. The predicted octanol–water partition coefficient (Wildman–Crippen LogP) is 1.35. The van der Waals surface area contributed by atoms with Gasteiger partial charge in [-0.05, 0) is 18.2 Å². The number of benzene rings is 1. The SMILES string of the molecule is O=CNC(CSCC(=O)Nc1ccc(F)c(Cl)c1)C(=O)O. The number of aliphatic carboxylic acids is 1. The first-order chi connectivity index (χ1) is 9.93. The molecule has 1 atom stereocenters. The van der Waals surface area contributed by atoms with Gasteiger partial charge in [0.1, 0.15) is 11.9 Å². The Hall–Kier alpha value is -1.80. The summed E-state index contributed by atoms with van der Waals surface area (Å²) >= 11 is 6.62. The highest BCUT2D eigenvalue weighted by Gasteiger charge is 2.16.